The second kappa shape index (κ2) is 9.83. The number of anilines is 1. The molecule has 0 bridgehead atoms. The standard InChI is InChI=1S/C20H22N6O2S/c1-3-26-18(14(2)22-19(28)15-9-5-4-6-10-15)24-25-20(26)29-13-17(27)23-16-11-7-8-12-21-16/h4-12,14H,3,13H2,1-2H3,(H,22,28)(H,21,23,27)/t14-/m1/s1. The molecule has 2 aromatic heterocycles. The molecule has 3 aromatic rings. The molecule has 0 aliphatic rings. The number of hydrogen-bond donors (Lipinski definition) is 2. The van der Waals surface area contributed by atoms with Crippen LogP contribution in [0.15, 0.2) is 59.9 Å². The molecule has 0 spiro atoms. The Hall–Kier alpha value is -3.20. The van der Waals surface area contributed by atoms with Gasteiger partial charge in [0.1, 0.15) is 5.82 Å². The maximum atomic E-state index is 12.4. The number of carbonyl (C=O) groups is 2. The van der Waals surface area contributed by atoms with Crippen LogP contribution in [-0.4, -0.2) is 37.3 Å². The summed E-state index contributed by atoms with van der Waals surface area (Å²) in [5, 5.41) is 14.7. The number of hydrogen-bond acceptors (Lipinski definition) is 6. The molecule has 0 aliphatic heterocycles. The molecule has 0 aliphatic carbocycles. The van der Waals surface area contributed by atoms with Crippen LogP contribution in [0.25, 0.3) is 0 Å². The summed E-state index contributed by atoms with van der Waals surface area (Å²) in [5.41, 5.74) is 0.586. The third-order valence-corrected chi connectivity index (χ3v) is 5.06. The number of thioether (sulfide) groups is 1. The summed E-state index contributed by atoms with van der Waals surface area (Å²) in [6.45, 7) is 4.45. The van der Waals surface area contributed by atoms with E-state index in [1.165, 1.54) is 11.8 Å². The van der Waals surface area contributed by atoms with Gasteiger partial charge in [-0.15, -0.1) is 10.2 Å². The van der Waals surface area contributed by atoms with Gasteiger partial charge in [-0.05, 0) is 38.1 Å². The zero-order chi connectivity index (χ0) is 20.6. The summed E-state index contributed by atoms with van der Waals surface area (Å²) < 4.78 is 1.90. The molecule has 0 unspecified atom stereocenters. The number of aromatic nitrogens is 4. The molecule has 0 saturated carbocycles. The number of carbonyl (C=O) groups excluding carboxylic acids is 2. The van der Waals surface area contributed by atoms with Crippen molar-refractivity contribution >= 4 is 29.4 Å². The third-order valence-electron chi connectivity index (χ3n) is 4.10. The van der Waals surface area contributed by atoms with E-state index in [-0.39, 0.29) is 23.6 Å². The number of pyridine rings is 1. The maximum Gasteiger partial charge on any atom is 0.251 e. The topological polar surface area (TPSA) is 102 Å². The quantitative estimate of drug-likeness (QED) is 0.554. The summed E-state index contributed by atoms with van der Waals surface area (Å²) in [4.78, 5) is 28.6. The predicted molar refractivity (Wildman–Crippen MR) is 112 cm³/mol. The van der Waals surface area contributed by atoms with Crippen molar-refractivity contribution in [2.24, 2.45) is 0 Å². The van der Waals surface area contributed by atoms with Crippen LogP contribution in [0.5, 0.6) is 0 Å². The molecule has 0 saturated heterocycles. The first-order valence-electron chi connectivity index (χ1n) is 9.21. The highest BCUT2D eigenvalue weighted by Gasteiger charge is 2.20. The Morgan fingerprint density at radius 3 is 2.55 bits per heavy atom. The molecule has 2 amide bonds. The Balaban J connectivity index is 1.62. The maximum absolute atomic E-state index is 12.4. The van der Waals surface area contributed by atoms with Crippen LogP contribution in [0.4, 0.5) is 5.82 Å². The van der Waals surface area contributed by atoms with Gasteiger partial charge in [0.25, 0.3) is 5.91 Å². The van der Waals surface area contributed by atoms with Crippen LogP contribution in [0.1, 0.15) is 36.1 Å². The fourth-order valence-corrected chi connectivity index (χ4v) is 3.51. The second-order valence-electron chi connectivity index (χ2n) is 6.20. The number of nitrogens with one attached hydrogen (secondary N) is 2. The highest BCUT2D eigenvalue weighted by Crippen LogP contribution is 2.21. The van der Waals surface area contributed by atoms with E-state index in [9.17, 15) is 9.59 Å². The lowest BCUT2D eigenvalue weighted by molar-refractivity contribution is -0.113. The average molecular weight is 411 g/mol. The lowest BCUT2D eigenvalue weighted by Gasteiger charge is -2.15. The molecule has 0 fully saturated rings. The van der Waals surface area contributed by atoms with Crippen molar-refractivity contribution in [2.75, 3.05) is 11.1 Å². The van der Waals surface area contributed by atoms with Crippen LogP contribution in [0.2, 0.25) is 0 Å². The van der Waals surface area contributed by atoms with Crippen molar-refractivity contribution in [3.05, 3.63) is 66.1 Å². The van der Waals surface area contributed by atoms with E-state index < -0.39 is 0 Å². The third kappa shape index (κ3) is 5.41. The molecular formula is C20H22N6O2S. The first-order valence-corrected chi connectivity index (χ1v) is 10.2. The molecule has 0 radical (unpaired) electrons. The summed E-state index contributed by atoms with van der Waals surface area (Å²) in [5.74, 6) is 0.982. The largest absolute Gasteiger partial charge is 0.342 e. The van der Waals surface area contributed by atoms with E-state index in [0.717, 1.165) is 0 Å². The molecule has 150 valence electrons. The lowest BCUT2D eigenvalue weighted by Crippen LogP contribution is -2.28. The fraction of sp³-hybridized carbons (Fsp3) is 0.250. The van der Waals surface area contributed by atoms with Crippen LogP contribution < -0.4 is 10.6 Å². The molecule has 2 heterocycles. The SMILES string of the molecule is CCn1c(SCC(=O)Nc2ccccn2)nnc1[C@@H](C)NC(=O)c1ccccc1. The Morgan fingerprint density at radius 1 is 1.10 bits per heavy atom. The van der Waals surface area contributed by atoms with E-state index in [2.05, 4.69) is 25.8 Å². The normalized spacial score (nSPS) is 11.7. The molecule has 1 atom stereocenters. The minimum absolute atomic E-state index is 0.173. The van der Waals surface area contributed by atoms with Gasteiger partial charge in [0, 0.05) is 18.3 Å². The highest BCUT2D eigenvalue weighted by molar-refractivity contribution is 7.99. The lowest BCUT2D eigenvalue weighted by atomic mass is 10.2. The van der Waals surface area contributed by atoms with Crippen LogP contribution in [0.3, 0.4) is 0 Å². The summed E-state index contributed by atoms with van der Waals surface area (Å²) in [6, 6.07) is 14.0. The first kappa shape index (κ1) is 20.5. The molecule has 1 aromatic carbocycles. The van der Waals surface area contributed by atoms with Gasteiger partial charge in [-0.1, -0.05) is 36.0 Å². The zero-order valence-electron chi connectivity index (χ0n) is 16.2. The molecule has 3 rings (SSSR count). The Labute approximate surface area is 173 Å². The van der Waals surface area contributed by atoms with Crippen molar-refractivity contribution in [1.29, 1.82) is 0 Å². The predicted octanol–water partition coefficient (Wildman–Crippen LogP) is 2.91. The van der Waals surface area contributed by atoms with Crippen molar-refractivity contribution in [3.63, 3.8) is 0 Å². The fourth-order valence-electron chi connectivity index (χ4n) is 2.70. The Kier molecular flexibility index (Phi) is 6.96. The van der Waals surface area contributed by atoms with Crippen molar-refractivity contribution in [2.45, 2.75) is 31.6 Å². The number of nitrogens with zero attached hydrogens (tertiary/aromatic N) is 4. The smallest absolute Gasteiger partial charge is 0.251 e. The average Bonchev–Trinajstić information content (AvgIpc) is 3.16. The summed E-state index contributed by atoms with van der Waals surface area (Å²) in [6.07, 6.45) is 1.62. The Morgan fingerprint density at radius 2 is 1.86 bits per heavy atom. The molecule has 8 nitrogen and oxygen atoms in total. The minimum atomic E-state index is -0.327. The zero-order valence-corrected chi connectivity index (χ0v) is 17.0. The van der Waals surface area contributed by atoms with Gasteiger partial charge in [-0.25, -0.2) is 4.98 Å². The second-order valence-corrected chi connectivity index (χ2v) is 7.14. The molecular weight excluding hydrogens is 388 g/mol. The van der Waals surface area contributed by atoms with Crippen molar-refractivity contribution < 1.29 is 9.59 Å². The van der Waals surface area contributed by atoms with E-state index >= 15 is 0 Å². The van der Waals surface area contributed by atoms with Gasteiger partial charge in [0.05, 0.1) is 11.8 Å². The van der Waals surface area contributed by atoms with E-state index in [1.807, 2.05) is 36.6 Å². The van der Waals surface area contributed by atoms with Crippen molar-refractivity contribution in [1.82, 2.24) is 25.1 Å². The summed E-state index contributed by atoms with van der Waals surface area (Å²) in [7, 11) is 0. The number of rotatable bonds is 8. The van der Waals surface area contributed by atoms with E-state index in [0.29, 0.717) is 28.9 Å². The van der Waals surface area contributed by atoms with Gasteiger partial charge >= 0.3 is 0 Å². The number of amides is 2. The molecule has 2 N–H and O–H groups in total. The minimum Gasteiger partial charge on any atom is -0.342 e. The van der Waals surface area contributed by atoms with Crippen LogP contribution in [-0.2, 0) is 11.3 Å². The molecule has 9 heteroatoms. The van der Waals surface area contributed by atoms with Gasteiger partial charge in [0.2, 0.25) is 5.91 Å². The first-order chi connectivity index (χ1) is 14.1. The van der Waals surface area contributed by atoms with Gasteiger partial charge in [-0.3, -0.25) is 9.59 Å². The van der Waals surface area contributed by atoms with E-state index in [1.54, 1.807) is 36.5 Å². The highest BCUT2D eigenvalue weighted by atomic mass is 32.2. The van der Waals surface area contributed by atoms with Gasteiger partial charge < -0.3 is 15.2 Å². The van der Waals surface area contributed by atoms with Crippen LogP contribution in [0, 0.1) is 0 Å². The molecule has 29 heavy (non-hydrogen) atoms. The van der Waals surface area contributed by atoms with Gasteiger partial charge in [-0.2, -0.15) is 0 Å². The van der Waals surface area contributed by atoms with Gasteiger partial charge in [0.15, 0.2) is 11.0 Å². The van der Waals surface area contributed by atoms with Crippen molar-refractivity contribution in [3.8, 4) is 0 Å². The number of benzene rings is 1. The summed E-state index contributed by atoms with van der Waals surface area (Å²) >= 11 is 1.29. The Bertz CT molecular complexity index is 962. The monoisotopic (exact) mass is 410 g/mol. The van der Waals surface area contributed by atoms with Crippen LogP contribution >= 0.6 is 11.8 Å². The van der Waals surface area contributed by atoms with E-state index in [4.69, 9.17) is 0 Å².